The van der Waals surface area contributed by atoms with Crippen molar-refractivity contribution >= 4 is 0 Å². The minimum Gasteiger partial charge on any atom is -0.491 e. The predicted molar refractivity (Wildman–Crippen MR) is 75.3 cm³/mol. The highest BCUT2D eigenvalue weighted by atomic mass is 16.5. The third-order valence-electron chi connectivity index (χ3n) is 2.92. The van der Waals surface area contributed by atoms with Gasteiger partial charge in [0.05, 0.1) is 6.54 Å². The Morgan fingerprint density at radius 3 is 2.85 bits per heavy atom. The maximum absolute atomic E-state index is 9.99. The fourth-order valence-corrected chi connectivity index (χ4v) is 1.94. The maximum Gasteiger partial charge on any atom is 0.147 e. The van der Waals surface area contributed by atoms with Gasteiger partial charge in [0, 0.05) is 6.54 Å². The van der Waals surface area contributed by atoms with Crippen LogP contribution in [0.5, 0.6) is 5.75 Å². The van der Waals surface area contributed by atoms with Crippen LogP contribution < -0.4 is 10.5 Å². The maximum atomic E-state index is 9.99. The molecule has 1 unspecified atom stereocenters. The lowest BCUT2D eigenvalue weighted by Gasteiger charge is -2.13. The van der Waals surface area contributed by atoms with E-state index in [0.717, 1.165) is 11.4 Å². The number of benzene rings is 1. The zero-order chi connectivity index (χ0) is 14.5. The summed E-state index contributed by atoms with van der Waals surface area (Å²) in [4.78, 5) is 4.19. The molecule has 0 aliphatic heterocycles. The van der Waals surface area contributed by atoms with Gasteiger partial charge in [-0.15, -0.1) is 0 Å². The van der Waals surface area contributed by atoms with E-state index in [9.17, 15) is 5.11 Å². The number of aliphatic hydroxyl groups is 1. The van der Waals surface area contributed by atoms with Crippen molar-refractivity contribution < 1.29 is 9.84 Å². The summed E-state index contributed by atoms with van der Waals surface area (Å²) in [7, 11) is 0. The van der Waals surface area contributed by atoms with Gasteiger partial charge < -0.3 is 15.6 Å². The van der Waals surface area contributed by atoms with E-state index in [1.165, 1.54) is 0 Å². The highest BCUT2D eigenvalue weighted by Gasteiger charge is 2.10. The predicted octanol–water partition coefficient (Wildman–Crippen LogP) is 0.794. The average Bonchev–Trinajstić information content (AvgIpc) is 2.75. The Balaban J connectivity index is 1.88. The van der Waals surface area contributed by atoms with E-state index in [4.69, 9.17) is 10.5 Å². The Bertz CT molecular complexity index is 568. The van der Waals surface area contributed by atoms with Crippen molar-refractivity contribution in [1.82, 2.24) is 14.8 Å². The molecular weight excluding hydrogens is 256 g/mol. The average molecular weight is 276 g/mol. The molecule has 6 heteroatoms. The molecule has 0 radical (unpaired) electrons. The number of hydrogen-bond donors (Lipinski definition) is 2. The van der Waals surface area contributed by atoms with Crippen LogP contribution in [0.2, 0.25) is 0 Å². The van der Waals surface area contributed by atoms with Gasteiger partial charge in [-0.1, -0.05) is 12.1 Å². The molecule has 0 spiro atoms. The summed E-state index contributed by atoms with van der Waals surface area (Å²) in [5.74, 6) is 2.19. The first kappa shape index (κ1) is 14.5. The van der Waals surface area contributed by atoms with E-state index in [0.29, 0.717) is 24.7 Å². The number of aromatic nitrogens is 3. The molecule has 0 bridgehead atoms. The molecule has 6 nitrogen and oxygen atoms in total. The Morgan fingerprint density at radius 1 is 1.40 bits per heavy atom. The van der Waals surface area contributed by atoms with Crippen molar-refractivity contribution in [2.24, 2.45) is 5.73 Å². The van der Waals surface area contributed by atoms with Crippen LogP contribution in [-0.2, 0) is 13.1 Å². The van der Waals surface area contributed by atoms with Gasteiger partial charge in [-0.05, 0) is 31.5 Å². The summed E-state index contributed by atoms with van der Waals surface area (Å²) in [6, 6.07) is 7.54. The molecule has 0 saturated heterocycles. The number of aliphatic hydroxyl groups excluding tert-OH is 1. The van der Waals surface area contributed by atoms with E-state index in [1.807, 2.05) is 38.1 Å². The van der Waals surface area contributed by atoms with Crippen molar-refractivity contribution in [2.45, 2.75) is 33.0 Å². The van der Waals surface area contributed by atoms with E-state index in [2.05, 4.69) is 10.1 Å². The Labute approximate surface area is 118 Å². The second-order valence-electron chi connectivity index (χ2n) is 4.70. The Morgan fingerprint density at radius 2 is 2.20 bits per heavy atom. The molecular formula is C14H20N4O2. The summed E-state index contributed by atoms with van der Waals surface area (Å²) in [6.45, 7) is 4.72. The lowest BCUT2D eigenvalue weighted by Crippen LogP contribution is -2.24. The van der Waals surface area contributed by atoms with Crippen LogP contribution in [0.3, 0.4) is 0 Å². The van der Waals surface area contributed by atoms with Crippen molar-refractivity contribution in [2.75, 3.05) is 6.61 Å². The first-order valence-electron chi connectivity index (χ1n) is 6.56. The number of ether oxygens (including phenoxy) is 1. The number of rotatable bonds is 6. The smallest absolute Gasteiger partial charge is 0.147 e. The third-order valence-corrected chi connectivity index (χ3v) is 2.92. The van der Waals surface area contributed by atoms with E-state index < -0.39 is 6.10 Å². The fourth-order valence-electron chi connectivity index (χ4n) is 1.94. The molecule has 3 N–H and O–H groups in total. The molecule has 0 fully saturated rings. The number of hydrogen-bond acceptors (Lipinski definition) is 5. The summed E-state index contributed by atoms with van der Waals surface area (Å²) in [5, 5.41) is 14.2. The van der Waals surface area contributed by atoms with Gasteiger partial charge in [-0.25, -0.2) is 9.67 Å². The number of nitrogens with two attached hydrogens (primary N) is 1. The largest absolute Gasteiger partial charge is 0.491 e. The van der Waals surface area contributed by atoms with Crippen LogP contribution in [0.15, 0.2) is 24.3 Å². The van der Waals surface area contributed by atoms with Gasteiger partial charge in [-0.2, -0.15) is 5.10 Å². The zero-order valence-corrected chi connectivity index (χ0v) is 11.8. The van der Waals surface area contributed by atoms with Gasteiger partial charge in [0.2, 0.25) is 0 Å². The first-order chi connectivity index (χ1) is 9.58. The zero-order valence-electron chi connectivity index (χ0n) is 11.8. The van der Waals surface area contributed by atoms with Crippen LogP contribution in [0, 0.1) is 13.8 Å². The molecule has 108 valence electrons. The number of aryl methyl sites for hydroxylation is 2. The Hall–Kier alpha value is -1.92. The molecule has 0 saturated carbocycles. The minimum absolute atomic E-state index is 0.201. The molecule has 1 heterocycles. The van der Waals surface area contributed by atoms with Crippen LogP contribution in [0.25, 0.3) is 0 Å². The highest BCUT2D eigenvalue weighted by Crippen LogP contribution is 2.13. The molecule has 2 aromatic rings. The lowest BCUT2D eigenvalue weighted by atomic mass is 10.2. The number of nitrogens with zero attached hydrogens (tertiary/aromatic N) is 3. The third kappa shape index (κ3) is 3.79. The quantitative estimate of drug-likeness (QED) is 0.814. The van der Waals surface area contributed by atoms with Crippen molar-refractivity contribution in [1.29, 1.82) is 0 Å². The normalized spacial score (nSPS) is 12.4. The van der Waals surface area contributed by atoms with Crippen molar-refractivity contribution in [3.63, 3.8) is 0 Å². The van der Waals surface area contributed by atoms with Gasteiger partial charge in [0.15, 0.2) is 0 Å². The summed E-state index contributed by atoms with van der Waals surface area (Å²) in [6.07, 6.45) is -0.642. The van der Waals surface area contributed by atoms with Crippen molar-refractivity contribution in [3.8, 4) is 5.75 Å². The van der Waals surface area contributed by atoms with Crippen LogP contribution in [-0.4, -0.2) is 32.6 Å². The van der Waals surface area contributed by atoms with Crippen molar-refractivity contribution in [3.05, 3.63) is 41.5 Å². The topological polar surface area (TPSA) is 86.2 Å². The second-order valence-corrected chi connectivity index (χ2v) is 4.70. The molecule has 0 amide bonds. The van der Waals surface area contributed by atoms with E-state index in [-0.39, 0.29) is 6.61 Å². The summed E-state index contributed by atoms with van der Waals surface area (Å²) < 4.78 is 7.24. The van der Waals surface area contributed by atoms with Crippen LogP contribution in [0.4, 0.5) is 0 Å². The van der Waals surface area contributed by atoms with Gasteiger partial charge in [-0.3, -0.25) is 0 Å². The van der Waals surface area contributed by atoms with E-state index in [1.54, 1.807) is 4.68 Å². The fraction of sp³-hybridized carbons (Fsp3) is 0.429. The highest BCUT2D eigenvalue weighted by molar-refractivity contribution is 5.28. The molecule has 20 heavy (non-hydrogen) atoms. The molecule has 0 aliphatic rings. The summed E-state index contributed by atoms with van der Waals surface area (Å²) >= 11 is 0. The first-order valence-corrected chi connectivity index (χ1v) is 6.56. The van der Waals surface area contributed by atoms with E-state index >= 15 is 0 Å². The molecule has 0 aliphatic carbocycles. The Kier molecular flexibility index (Phi) is 4.70. The molecule has 1 aromatic carbocycles. The second kappa shape index (κ2) is 6.49. The van der Waals surface area contributed by atoms with Gasteiger partial charge >= 0.3 is 0 Å². The van der Waals surface area contributed by atoms with Gasteiger partial charge in [0.25, 0.3) is 0 Å². The standard InChI is InChI=1S/C14H20N4O2/c1-10-16-11(2)18(17-10)8-13(19)9-20-14-5-3-4-12(6-14)7-15/h3-6,13,19H,7-9,15H2,1-2H3. The van der Waals surface area contributed by atoms with Crippen LogP contribution in [0.1, 0.15) is 17.2 Å². The molecule has 2 rings (SSSR count). The SMILES string of the molecule is Cc1nc(C)n(CC(O)COc2cccc(CN)c2)n1. The van der Waals surface area contributed by atoms with Crippen LogP contribution >= 0.6 is 0 Å². The minimum atomic E-state index is -0.642. The molecule has 1 atom stereocenters. The molecule has 1 aromatic heterocycles. The lowest BCUT2D eigenvalue weighted by molar-refractivity contribution is 0.0885. The van der Waals surface area contributed by atoms with Gasteiger partial charge in [0.1, 0.15) is 30.1 Å². The summed E-state index contributed by atoms with van der Waals surface area (Å²) in [5.41, 5.74) is 6.57. The monoisotopic (exact) mass is 276 g/mol.